The molecule has 1 aromatic heterocycles. The lowest BCUT2D eigenvalue weighted by Crippen LogP contribution is -2.24. The van der Waals surface area contributed by atoms with Crippen LogP contribution >= 0.6 is 24.0 Å². The van der Waals surface area contributed by atoms with Gasteiger partial charge in [-0.2, -0.15) is 12.6 Å². The van der Waals surface area contributed by atoms with Crippen LogP contribution in [0.3, 0.4) is 0 Å². The zero-order valence-electron chi connectivity index (χ0n) is 10.1. The van der Waals surface area contributed by atoms with Crippen molar-refractivity contribution < 1.29 is 4.79 Å². The number of hydrogen-bond acceptors (Lipinski definition) is 5. The number of amides is 1. The summed E-state index contributed by atoms with van der Waals surface area (Å²) >= 11 is 5.78. The number of benzene rings is 1. The van der Waals surface area contributed by atoms with Crippen molar-refractivity contribution in [1.29, 1.82) is 0 Å². The van der Waals surface area contributed by atoms with Gasteiger partial charge in [-0.25, -0.2) is 4.98 Å². The maximum Gasteiger partial charge on any atom is 0.228 e. The first-order chi connectivity index (χ1) is 9.13. The van der Waals surface area contributed by atoms with Crippen molar-refractivity contribution in [2.75, 3.05) is 17.2 Å². The Morgan fingerprint density at radius 3 is 2.63 bits per heavy atom. The normalized spacial score (nSPS) is 19.1. The van der Waals surface area contributed by atoms with E-state index in [9.17, 15) is 4.79 Å². The van der Waals surface area contributed by atoms with Crippen LogP contribution in [0.1, 0.15) is 6.42 Å². The van der Waals surface area contributed by atoms with Gasteiger partial charge in [0, 0.05) is 34.8 Å². The highest BCUT2D eigenvalue weighted by atomic mass is 32.1. The van der Waals surface area contributed by atoms with Crippen molar-refractivity contribution >= 4 is 40.7 Å². The fraction of sp³-hybridized carbons (Fsp3) is 0.231. The van der Waals surface area contributed by atoms with Crippen LogP contribution in [0.5, 0.6) is 0 Å². The predicted molar refractivity (Wildman–Crippen MR) is 81.7 cm³/mol. The number of carbonyl (C=O) groups excluding carboxylic acids is 1. The average molecular weight is 291 g/mol. The van der Waals surface area contributed by atoms with E-state index in [-0.39, 0.29) is 11.2 Å². The van der Waals surface area contributed by atoms with E-state index in [0.717, 1.165) is 16.9 Å². The lowest BCUT2D eigenvalue weighted by atomic mass is 10.1. The SMILES string of the molecule is Nc1nc(-c2ccc(N3CC(S)CC3=O)cc2)cs1. The van der Waals surface area contributed by atoms with Crippen LogP contribution in [0.25, 0.3) is 11.3 Å². The van der Waals surface area contributed by atoms with Gasteiger partial charge >= 0.3 is 0 Å². The van der Waals surface area contributed by atoms with Gasteiger partial charge in [0.1, 0.15) is 0 Å². The summed E-state index contributed by atoms with van der Waals surface area (Å²) in [6.45, 7) is 0.672. The number of carbonyl (C=O) groups is 1. The second kappa shape index (κ2) is 4.86. The van der Waals surface area contributed by atoms with E-state index >= 15 is 0 Å². The molecular formula is C13H13N3OS2. The molecule has 2 N–H and O–H groups in total. The first-order valence-corrected chi connectivity index (χ1v) is 7.33. The van der Waals surface area contributed by atoms with Gasteiger partial charge in [-0.1, -0.05) is 12.1 Å². The van der Waals surface area contributed by atoms with Gasteiger partial charge in [-0.15, -0.1) is 11.3 Å². The second-order valence-electron chi connectivity index (χ2n) is 4.48. The minimum atomic E-state index is 0.130. The van der Waals surface area contributed by atoms with Crippen LogP contribution in [-0.4, -0.2) is 22.7 Å². The van der Waals surface area contributed by atoms with Gasteiger partial charge in [0.05, 0.1) is 5.69 Å². The molecule has 1 atom stereocenters. The highest BCUT2D eigenvalue weighted by Crippen LogP contribution is 2.28. The molecule has 2 heterocycles. The third-order valence-electron chi connectivity index (χ3n) is 3.10. The van der Waals surface area contributed by atoms with E-state index in [1.165, 1.54) is 11.3 Å². The zero-order chi connectivity index (χ0) is 13.4. The number of hydrogen-bond donors (Lipinski definition) is 2. The molecule has 0 bridgehead atoms. The molecule has 1 aromatic carbocycles. The summed E-state index contributed by atoms with van der Waals surface area (Å²) in [6.07, 6.45) is 0.507. The quantitative estimate of drug-likeness (QED) is 0.836. The average Bonchev–Trinajstić information content (AvgIpc) is 2.96. The second-order valence-corrected chi connectivity index (χ2v) is 6.10. The first kappa shape index (κ1) is 12.5. The van der Waals surface area contributed by atoms with Gasteiger partial charge in [0.15, 0.2) is 5.13 Å². The lowest BCUT2D eigenvalue weighted by Gasteiger charge is -2.16. The summed E-state index contributed by atoms with van der Waals surface area (Å²) in [5.74, 6) is 0.130. The van der Waals surface area contributed by atoms with Crippen LogP contribution in [0, 0.1) is 0 Å². The maximum absolute atomic E-state index is 11.8. The van der Waals surface area contributed by atoms with Crippen LogP contribution in [-0.2, 0) is 4.79 Å². The molecule has 1 unspecified atom stereocenters. The van der Waals surface area contributed by atoms with Crippen LogP contribution < -0.4 is 10.6 Å². The number of thiol groups is 1. The molecule has 2 aromatic rings. The Morgan fingerprint density at radius 2 is 2.11 bits per heavy atom. The molecule has 1 aliphatic rings. The monoisotopic (exact) mass is 291 g/mol. The van der Waals surface area contributed by atoms with Gasteiger partial charge in [0.2, 0.25) is 5.91 Å². The Balaban J connectivity index is 1.85. The van der Waals surface area contributed by atoms with E-state index in [0.29, 0.717) is 18.1 Å². The number of aromatic nitrogens is 1. The molecule has 98 valence electrons. The molecule has 1 fully saturated rings. The summed E-state index contributed by atoms with van der Waals surface area (Å²) < 4.78 is 0. The summed E-state index contributed by atoms with van der Waals surface area (Å²) in [5.41, 5.74) is 8.41. The number of anilines is 2. The molecule has 0 spiro atoms. The Bertz CT molecular complexity index is 609. The molecule has 6 heteroatoms. The number of thiazole rings is 1. The Kier molecular flexibility index (Phi) is 3.20. The number of nitrogens with zero attached hydrogens (tertiary/aromatic N) is 2. The number of nitrogen functional groups attached to an aromatic ring is 1. The van der Waals surface area contributed by atoms with Crippen molar-refractivity contribution in [1.82, 2.24) is 4.98 Å². The van der Waals surface area contributed by atoms with E-state index in [1.807, 2.05) is 29.6 Å². The summed E-state index contributed by atoms with van der Waals surface area (Å²) in [7, 11) is 0. The van der Waals surface area contributed by atoms with Gasteiger partial charge in [-0.05, 0) is 12.1 Å². The van der Waals surface area contributed by atoms with Crippen molar-refractivity contribution in [3.05, 3.63) is 29.6 Å². The molecule has 0 radical (unpaired) electrons. The molecular weight excluding hydrogens is 278 g/mol. The van der Waals surface area contributed by atoms with E-state index in [2.05, 4.69) is 17.6 Å². The fourth-order valence-corrected chi connectivity index (χ4v) is 3.06. The molecule has 1 amide bonds. The van der Waals surface area contributed by atoms with Gasteiger partial charge in [0.25, 0.3) is 0 Å². The summed E-state index contributed by atoms with van der Waals surface area (Å²) in [5, 5.41) is 2.62. The Labute approximate surface area is 120 Å². The zero-order valence-corrected chi connectivity index (χ0v) is 11.8. The molecule has 0 aliphatic carbocycles. The standard InChI is InChI=1S/C13H13N3OS2/c14-13-15-11(7-19-13)8-1-3-9(4-2-8)16-6-10(18)5-12(16)17/h1-4,7,10,18H,5-6H2,(H2,14,15). The number of rotatable bonds is 2. The molecule has 1 saturated heterocycles. The van der Waals surface area contributed by atoms with Crippen LogP contribution in [0.4, 0.5) is 10.8 Å². The van der Waals surface area contributed by atoms with E-state index in [4.69, 9.17) is 5.73 Å². The van der Waals surface area contributed by atoms with Gasteiger partial charge < -0.3 is 10.6 Å². The Hall–Kier alpha value is -1.53. The number of nitrogens with two attached hydrogens (primary N) is 1. The summed E-state index contributed by atoms with van der Waals surface area (Å²) in [4.78, 5) is 17.8. The van der Waals surface area contributed by atoms with Crippen LogP contribution in [0.2, 0.25) is 0 Å². The van der Waals surface area contributed by atoms with Crippen LogP contribution in [0.15, 0.2) is 29.6 Å². The van der Waals surface area contributed by atoms with Crippen molar-refractivity contribution in [2.45, 2.75) is 11.7 Å². The molecule has 4 nitrogen and oxygen atoms in total. The van der Waals surface area contributed by atoms with E-state index < -0.39 is 0 Å². The van der Waals surface area contributed by atoms with E-state index in [1.54, 1.807) is 4.90 Å². The largest absolute Gasteiger partial charge is 0.375 e. The van der Waals surface area contributed by atoms with Crippen molar-refractivity contribution in [3.8, 4) is 11.3 Å². The summed E-state index contributed by atoms with van der Waals surface area (Å²) in [6, 6.07) is 7.80. The highest BCUT2D eigenvalue weighted by Gasteiger charge is 2.28. The smallest absolute Gasteiger partial charge is 0.228 e. The topological polar surface area (TPSA) is 59.2 Å². The highest BCUT2D eigenvalue weighted by molar-refractivity contribution is 7.81. The molecule has 0 saturated carbocycles. The minimum Gasteiger partial charge on any atom is -0.375 e. The molecule has 19 heavy (non-hydrogen) atoms. The van der Waals surface area contributed by atoms with Crippen molar-refractivity contribution in [2.24, 2.45) is 0 Å². The minimum absolute atomic E-state index is 0.130. The van der Waals surface area contributed by atoms with Gasteiger partial charge in [-0.3, -0.25) is 4.79 Å². The third-order valence-corrected chi connectivity index (χ3v) is 4.12. The first-order valence-electron chi connectivity index (χ1n) is 5.93. The Morgan fingerprint density at radius 1 is 1.37 bits per heavy atom. The third kappa shape index (κ3) is 2.46. The maximum atomic E-state index is 11.8. The van der Waals surface area contributed by atoms with Crippen molar-refractivity contribution in [3.63, 3.8) is 0 Å². The lowest BCUT2D eigenvalue weighted by molar-refractivity contribution is -0.117. The molecule has 1 aliphatic heterocycles. The predicted octanol–water partition coefficient (Wildman–Crippen LogP) is 2.43. The molecule has 3 rings (SSSR count). The fourth-order valence-electron chi connectivity index (χ4n) is 2.17.